The van der Waals surface area contributed by atoms with Crippen LogP contribution < -0.4 is 0 Å². The van der Waals surface area contributed by atoms with Gasteiger partial charge >= 0.3 is 0 Å². The number of carbonyl (C=O) groups excluding carboxylic acids is 1. The lowest BCUT2D eigenvalue weighted by Gasteiger charge is -2.39. The van der Waals surface area contributed by atoms with E-state index >= 15 is 0 Å². The quantitative estimate of drug-likeness (QED) is 0.770. The summed E-state index contributed by atoms with van der Waals surface area (Å²) in [5.41, 5.74) is 1.24. The predicted octanol–water partition coefficient (Wildman–Crippen LogP) is 3.63. The van der Waals surface area contributed by atoms with Crippen LogP contribution in [0.2, 0.25) is 0 Å². The monoisotopic (exact) mass is 259 g/mol. The average molecular weight is 259 g/mol. The number of hydrogen-bond acceptors (Lipinski definition) is 2. The number of benzene rings is 1. The molecule has 2 nitrogen and oxygen atoms in total. The van der Waals surface area contributed by atoms with Crippen LogP contribution in [0.4, 0.5) is 0 Å². The standard InChI is InChI=1S/C17H25NO/c1-14(16(19)15-8-5-4-6-9-15)12-18-11-7-10-17(2,3)13-18/h4-6,8-9,14H,7,10-13H2,1-3H3. The van der Waals surface area contributed by atoms with Crippen molar-refractivity contribution in [2.75, 3.05) is 19.6 Å². The molecule has 1 aromatic rings. The second kappa shape index (κ2) is 5.87. The molecule has 1 heterocycles. The first kappa shape index (κ1) is 14.3. The highest BCUT2D eigenvalue weighted by atomic mass is 16.1. The van der Waals surface area contributed by atoms with Gasteiger partial charge < -0.3 is 4.90 Å². The van der Waals surface area contributed by atoms with Gasteiger partial charge in [0.05, 0.1) is 0 Å². The Morgan fingerprint density at radius 3 is 2.63 bits per heavy atom. The zero-order chi connectivity index (χ0) is 13.9. The number of Topliss-reactive ketones (excluding diaryl/α,β-unsaturated/α-hetero) is 1. The smallest absolute Gasteiger partial charge is 0.166 e. The maximum absolute atomic E-state index is 12.4. The van der Waals surface area contributed by atoms with E-state index < -0.39 is 0 Å². The van der Waals surface area contributed by atoms with Crippen molar-refractivity contribution < 1.29 is 4.79 Å². The molecule has 0 aliphatic carbocycles. The van der Waals surface area contributed by atoms with Crippen LogP contribution >= 0.6 is 0 Å². The number of ketones is 1. The number of piperidine rings is 1. The molecular weight excluding hydrogens is 234 g/mol. The first-order valence-electron chi connectivity index (χ1n) is 7.29. The molecular formula is C17H25NO. The Kier molecular flexibility index (Phi) is 4.41. The number of nitrogens with zero attached hydrogens (tertiary/aromatic N) is 1. The normalized spacial score (nSPS) is 21.0. The van der Waals surface area contributed by atoms with E-state index in [1.807, 2.05) is 30.3 Å². The molecule has 1 saturated heterocycles. The van der Waals surface area contributed by atoms with E-state index in [2.05, 4.69) is 25.7 Å². The van der Waals surface area contributed by atoms with E-state index in [0.29, 0.717) is 5.41 Å². The fraction of sp³-hybridized carbons (Fsp3) is 0.588. The van der Waals surface area contributed by atoms with E-state index in [0.717, 1.165) is 25.2 Å². The van der Waals surface area contributed by atoms with Crippen molar-refractivity contribution in [3.8, 4) is 0 Å². The van der Waals surface area contributed by atoms with Crippen LogP contribution in [0.1, 0.15) is 44.0 Å². The predicted molar refractivity (Wildman–Crippen MR) is 79.4 cm³/mol. The van der Waals surface area contributed by atoms with Crippen molar-refractivity contribution in [2.45, 2.75) is 33.6 Å². The minimum absolute atomic E-state index is 0.0799. The highest BCUT2D eigenvalue weighted by Crippen LogP contribution is 2.28. The Morgan fingerprint density at radius 2 is 2.00 bits per heavy atom. The molecule has 0 spiro atoms. The molecule has 1 aromatic carbocycles. The Labute approximate surface area is 116 Å². The molecule has 1 aliphatic heterocycles. The molecule has 1 atom stereocenters. The molecule has 19 heavy (non-hydrogen) atoms. The maximum Gasteiger partial charge on any atom is 0.166 e. The van der Waals surface area contributed by atoms with Crippen molar-refractivity contribution in [3.05, 3.63) is 35.9 Å². The van der Waals surface area contributed by atoms with Crippen molar-refractivity contribution in [1.82, 2.24) is 4.90 Å². The van der Waals surface area contributed by atoms with E-state index in [1.165, 1.54) is 12.8 Å². The molecule has 1 aliphatic rings. The molecule has 0 bridgehead atoms. The molecule has 0 N–H and O–H groups in total. The highest BCUT2D eigenvalue weighted by Gasteiger charge is 2.28. The lowest BCUT2D eigenvalue weighted by Crippen LogP contribution is -2.43. The average Bonchev–Trinajstić information content (AvgIpc) is 2.37. The minimum atomic E-state index is 0.0799. The van der Waals surface area contributed by atoms with Crippen LogP contribution in [-0.4, -0.2) is 30.3 Å². The van der Waals surface area contributed by atoms with Crippen LogP contribution in [0.15, 0.2) is 30.3 Å². The zero-order valence-corrected chi connectivity index (χ0v) is 12.4. The van der Waals surface area contributed by atoms with E-state index in [1.54, 1.807) is 0 Å². The van der Waals surface area contributed by atoms with Crippen molar-refractivity contribution in [1.29, 1.82) is 0 Å². The Balaban J connectivity index is 1.94. The van der Waals surface area contributed by atoms with Crippen LogP contribution in [0.5, 0.6) is 0 Å². The third-order valence-corrected chi connectivity index (χ3v) is 4.02. The van der Waals surface area contributed by atoms with Gasteiger partial charge in [-0.3, -0.25) is 4.79 Å². The molecule has 2 rings (SSSR count). The highest BCUT2D eigenvalue weighted by molar-refractivity contribution is 5.97. The minimum Gasteiger partial charge on any atom is -0.302 e. The number of carbonyl (C=O) groups is 1. The van der Waals surface area contributed by atoms with Gasteiger partial charge in [-0.05, 0) is 24.8 Å². The fourth-order valence-corrected chi connectivity index (χ4v) is 3.06. The lowest BCUT2D eigenvalue weighted by molar-refractivity contribution is 0.0787. The van der Waals surface area contributed by atoms with Gasteiger partial charge in [-0.15, -0.1) is 0 Å². The van der Waals surface area contributed by atoms with Gasteiger partial charge in [-0.2, -0.15) is 0 Å². The molecule has 2 heteroatoms. The van der Waals surface area contributed by atoms with Crippen LogP contribution in [0.3, 0.4) is 0 Å². The number of likely N-dealkylation sites (tertiary alicyclic amines) is 1. The Bertz CT molecular complexity index is 424. The third kappa shape index (κ3) is 3.90. The molecule has 0 aromatic heterocycles. The molecule has 104 valence electrons. The third-order valence-electron chi connectivity index (χ3n) is 4.02. The summed E-state index contributed by atoms with van der Waals surface area (Å²) in [6.45, 7) is 9.83. The summed E-state index contributed by atoms with van der Waals surface area (Å²) in [5, 5.41) is 0. The second-order valence-electron chi connectivity index (χ2n) is 6.63. The number of rotatable bonds is 4. The van der Waals surface area contributed by atoms with E-state index in [4.69, 9.17) is 0 Å². The molecule has 1 fully saturated rings. The van der Waals surface area contributed by atoms with Gasteiger partial charge in [0.2, 0.25) is 0 Å². The molecule has 1 unspecified atom stereocenters. The fourth-order valence-electron chi connectivity index (χ4n) is 3.06. The van der Waals surface area contributed by atoms with Gasteiger partial charge in [0.15, 0.2) is 5.78 Å². The van der Waals surface area contributed by atoms with Crippen molar-refractivity contribution in [3.63, 3.8) is 0 Å². The first-order valence-corrected chi connectivity index (χ1v) is 7.29. The van der Waals surface area contributed by atoms with Crippen LogP contribution in [0, 0.1) is 11.3 Å². The van der Waals surface area contributed by atoms with Crippen molar-refractivity contribution >= 4 is 5.78 Å². The van der Waals surface area contributed by atoms with E-state index in [9.17, 15) is 4.79 Å². The summed E-state index contributed by atoms with van der Waals surface area (Å²) in [5.74, 6) is 0.347. The second-order valence-corrected chi connectivity index (χ2v) is 6.63. The molecule has 0 radical (unpaired) electrons. The summed E-state index contributed by atoms with van der Waals surface area (Å²) >= 11 is 0. The summed E-state index contributed by atoms with van der Waals surface area (Å²) in [7, 11) is 0. The Hall–Kier alpha value is -1.15. The SMILES string of the molecule is CC(CN1CCCC(C)(C)C1)C(=O)c1ccccc1. The van der Waals surface area contributed by atoms with Crippen LogP contribution in [-0.2, 0) is 0 Å². The van der Waals surface area contributed by atoms with Gasteiger partial charge in [0.1, 0.15) is 0 Å². The van der Waals surface area contributed by atoms with Crippen LogP contribution in [0.25, 0.3) is 0 Å². The molecule has 0 amide bonds. The zero-order valence-electron chi connectivity index (χ0n) is 12.4. The summed E-state index contributed by atoms with van der Waals surface area (Å²) in [4.78, 5) is 14.8. The number of hydrogen-bond donors (Lipinski definition) is 0. The van der Waals surface area contributed by atoms with Gasteiger partial charge in [0.25, 0.3) is 0 Å². The Morgan fingerprint density at radius 1 is 1.32 bits per heavy atom. The van der Waals surface area contributed by atoms with Gasteiger partial charge in [0, 0.05) is 24.6 Å². The van der Waals surface area contributed by atoms with Crippen molar-refractivity contribution in [2.24, 2.45) is 11.3 Å². The lowest BCUT2D eigenvalue weighted by atomic mass is 9.83. The van der Waals surface area contributed by atoms with E-state index in [-0.39, 0.29) is 11.7 Å². The van der Waals surface area contributed by atoms with Gasteiger partial charge in [-0.1, -0.05) is 51.1 Å². The largest absolute Gasteiger partial charge is 0.302 e. The summed E-state index contributed by atoms with van der Waals surface area (Å²) < 4.78 is 0. The summed E-state index contributed by atoms with van der Waals surface area (Å²) in [6, 6.07) is 9.65. The van der Waals surface area contributed by atoms with Gasteiger partial charge in [-0.25, -0.2) is 0 Å². The topological polar surface area (TPSA) is 20.3 Å². The molecule has 0 saturated carbocycles. The first-order chi connectivity index (χ1) is 8.98. The maximum atomic E-state index is 12.4. The summed E-state index contributed by atoms with van der Waals surface area (Å²) in [6.07, 6.45) is 2.55.